The van der Waals surface area contributed by atoms with Crippen LogP contribution in [0.5, 0.6) is 0 Å². The van der Waals surface area contributed by atoms with Crippen LogP contribution in [0.3, 0.4) is 0 Å². The summed E-state index contributed by atoms with van der Waals surface area (Å²) in [6.07, 6.45) is 4.68. The highest BCUT2D eigenvalue weighted by Gasteiger charge is 2.40. The average Bonchev–Trinajstić information content (AvgIpc) is 2.87. The van der Waals surface area contributed by atoms with Crippen LogP contribution in [-0.2, 0) is 4.74 Å². The minimum atomic E-state index is -0.719. The van der Waals surface area contributed by atoms with Crippen molar-refractivity contribution in [1.82, 2.24) is 9.80 Å². The lowest BCUT2D eigenvalue weighted by Gasteiger charge is -2.43. The zero-order valence-electron chi connectivity index (χ0n) is 21.9. The predicted octanol–water partition coefficient (Wildman–Crippen LogP) is 5.56. The summed E-state index contributed by atoms with van der Waals surface area (Å²) < 4.78 is 5.55. The average molecular weight is 490 g/mol. The SMILES string of the molecule is CC(C)(C)OC(=O)N1CCN(CC(c2ccc(-c3cccc(C#N)c3)cc2)C2(O)CCCCC2)CC1. The normalized spacial score (nSPS) is 19.4. The molecule has 6 heteroatoms. The monoisotopic (exact) mass is 489 g/mol. The Labute approximate surface area is 215 Å². The second-order valence-corrected chi connectivity index (χ2v) is 11.3. The first kappa shape index (κ1) is 26.2. The number of hydrogen-bond acceptors (Lipinski definition) is 5. The highest BCUT2D eigenvalue weighted by atomic mass is 16.6. The van der Waals surface area contributed by atoms with Crippen LogP contribution in [0, 0.1) is 11.3 Å². The van der Waals surface area contributed by atoms with Crippen LogP contribution in [0.1, 0.15) is 69.9 Å². The lowest BCUT2D eigenvalue weighted by Crippen LogP contribution is -2.52. The molecule has 1 atom stereocenters. The Bertz CT molecular complexity index is 1070. The first-order valence-corrected chi connectivity index (χ1v) is 13.2. The largest absolute Gasteiger partial charge is 0.444 e. The van der Waals surface area contributed by atoms with E-state index in [4.69, 9.17) is 4.74 Å². The van der Waals surface area contributed by atoms with Crippen molar-refractivity contribution in [2.24, 2.45) is 0 Å². The molecule has 4 rings (SSSR count). The Hall–Kier alpha value is -2.88. The third kappa shape index (κ3) is 6.46. The van der Waals surface area contributed by atoms with Crippen molar-refractivity contribution in [3.05, 3.63) is 59.7 Å². The summed E-state index contributed by atoms with van der Waals surface area (Å²) in [5.74, 6) is 0.00497. The molecule has 6 nitrogen and oxygen atoms in total. The van der Waals surface area contributed by atoms with E-state index in [2.05, 4.69) is 35.2 Å². The van der Waals surface area contributed by atoms with Gasteiger partial charge in [-0.1, -0.05) is 55.7 Å². The van der Waals surface area contributed by atoms with Crippen molar-refractivity contribution < 1.29 is 14.6 Å². The molecule has 1 N–H and O–H groups in total. The Kier molecular flexibility index (Phi) is 8.02. The van der Waals surface area contributed by atoms with Crippen LogP contribution in [-0.4, -0.2) is 64.9 Å². The van der Waals surface area contributed by atoms with Crippen molar-refractivity contribution in [2.45, 2.75) is 70.0 Å². The maximum absolute atomic E-state index is 12.5. The van der Waals surface area contributed by atoms with Crippen LogP contribution in [0.2, 0.25) is 0 Å². The fourth-order valence-electron chi connectivity index (χ4n) is 5.47. The third-order valence-corrected chi connectivity index (χ3v) is 7.47. The van der Waals surface area contributed by atoms with Gasteiger partial charge < -0.3 is 14.7 Å². The predicted molar refractivity (Wildman–Crippen MR) is 142 cm³/mol. The van der Waals surface area contributed by atoms with Gasteiger partial charge >= 0.3 is 6.09 Å². The summed E-state index contributed by atoms with van der Waals surface area (Å²) in [5.41, 5.74) is 2.67. The fraction of sp³-hybridized carbons (Fsp3) is 0.533. The van der Waals surface area contributed by atoms with E-state index in [-0.39, 0.29) is 12.0 Å². The van der Waals surface area contributed by atoms with E-state index in [0.29, 0.717) is 18.7 Å². The highest BCUT2D eigenvalue weighted by molar-refractivity contribution is 5.68. The van der Waals surface area contributed by atoms with Crippen LogP contribution in [0.4, 0.5) is 4.79 Å². The number of carbonyl (C=O) groups is 1. The molecule has 1 heterocycles. The molecule has 0 bridgehead atoms. The minimum absolute atomic E-state index is 0.00497. The first-order valence-electron chi connectivity index (χ1n) is 13.2. The van der Waals surface area contributed by atoms with Gasteiger partial charge in [-0.2, -0.15) is 5.26 Å². The summed E-state index contributed by atoms with van der Waals surface area (Å²) >= 11 is 0. The van der Waals surface area contributed by atoms with Gasteiger partial charge in [0.1, 0.15) is 5.60 Å². The standard InChI is InChI=1S/C30H39N3O3/c1-29(2,3)36-28(34)33-18-16-32(17-19-33)22-27(30(35)14-5-4-6-15-30)25-12-10-24(11-13-25)26-9-7-8-23(20-26)21-31/h7-13,20,27,35H,4-6,14-19,22H2,1-3H3. The minimum Gasteiger partial charge on any atom is -0.444 e. The molecule has 2 fully saturated rings. The topological polar surface area (TPSA) is 76.8 Å². The van der Waals surface area contributed by atoms with E-state index < -0.39 is 11.2 Å². The quantitative estimate of drug-likeness (QED) is 0.595. The molecule has 2 aromatic carbocycles. The van der Waals surface area contributed by atoms with Gasteiger partial charge in [0.15, 0.2) is 0 Å². The molecular formula is C30H39N3O3. The molecule has 36 heavy (non-hydrogen) atoms. The molecule has 0 aromatic heterocycles. The number of rotatable bonds is 5. The highest BCUT2D eigenvalue weighted by Crippen LogP contribution is 2.41. The number of aliphatic hydroxyl groups is 1. The molecule has 192 valence electrons. The summed E-state index contributed by atoms with van der Waals surface area (Å²) in [6.45, 7) is 9.24. The summed E-state index contributed by atoms with van der Waals surface area (Å²) in [4.78, 5) is 16.6. The van der Waals surface area contributed by atoms with E-state index in [1.54, 1.807) is 4.90 Å². The van der Waals surface area contributed by atoms with Crippen LogP contribution in [0.15, 0.2) is 48.5 Å². The molecule has 1 saturated heterocycles. The Morgan fingerprint density at radius 3 is 2.31 bits per heavy atom. The second-order valence-electron chi connectivity index (χ2n) is 11.3. The number of hydrogen-bond donors (Lipinski definition) is 1. The fourth-order valence-corrected chi connectivity index (χ4v) is 5.47. The van der Waals surface area contributed by atoms with Crippen LogP contribution >= 0.6 is 0 Å². The number of benzene rings is 2. The van der Waals surface area contributed by atoms with Gasteiger partial charge in [0.25, 0.3) is 0 Å². The van der Waals surface area contributed by atoms with Gasteiger partial charge in [0, 0.05) is 38.6 Å². The number of nitrogens with zero attached hydrogens (tertiary/aromatic N) is 3. The van der Waals surface area contributed by atoms with Gasteiger partial charge in [-0.05, 0) is 62.4 Å². The van der Waals surface area contributed by atoms with Gasteiger partial charge in [-0.15, -0.1) is 0 Å². The number of amides is 1. The Balaban J connectivity index is 1.49. The van der Waals surface area contributed by atoms with E-state index >= 15 is 0 Å². The molecule has 1 aliphatic carbocycles. The number of ether oxygens (including phenoxy) is 1. The number of piperazine rings is 1. The molecule has 1 saturated carbocycles. The van der Waals surface area contributed by atoms with Gasteiger partial charge in [0.2, 0.25) is 0 Å². The maximum atomic E-state index is 12.5. The van der Waals surface area contributed by atoms with Gasteiger partial charge in [-0.3, -0.25) is 4.90 Å². The van der Waals surface area contributed by atoms with Gasteiger partial charge in [-0.25, -0.2) is 4.79 Å². The Morgan fingerprint density at radius 1 is 1.03 bits per heavy atom. The summed E-state index contributed by atoms with van der Waals surface area (Å²) in [5, 5.41) is 21.0. The first-order chi connectivity index (χ1) is 17.2. The van der Waals surface area contributed by atoms with Crippen LogP contribution < -0.4 is 0 Å². The zero-order valence-corrected chi connectivity index (χ0v) is 21.9. The molecular weight excluding hydrogens is 450 g/mol. The second kappa shape index (κ2) is 11.0. The smallest absolute Gasteiger partial charge is 0.410 e. The van der Waals surface area contributed by atoms with E-state index in [0.717, 1.165) is 62.0 Å². The van der Waals surface area contributed by atoms with E-state index in [1.807, 2.05) is 45.0 Å². The third-order valence-electron chi connectivity index (χ3n) is 7.47. The maximum Gasteiger partial charge on any atom is 0.410 e. The van der Waals surface area contributed by atoms with Crippen LogP contribution in [0.25, 0.3) is 11.1 Å². The van der Waals surface area contributed by atoms with Crippen molar-refractivity contribution in [1.29, 1.82) is 5.26 Å². The number of carbonyl (C=O) groups excluding carboxylic acids is 1. The molecule has 2 aromatic rings. The molecule has 1 unspecified atom stereocenters. The van der Waals surface area contributed by atoms with Crippen molar-refractivity contribution in [3.63, 3.8) is 0 Å². The van der Waals surface area contributed by atoms with Crippen molar-refractivity contribution in [3.8, 4) is 17.2 Å². The summed E-state index contributed by atoms with van der Waals surface area (Å²) in [6, 6.07) is 18.3. The van der Waals surface area contributed by atoms with E-state index in [1.165, 1.54) is 6.42 Å². The molecule has 0 spiro atoms. The lowest BCUT2D eigenvalue weighted by atomic mass is 9.72. The van der Waals surface area contributed by atoms with E-state index in [9.17, 15) is 15.2 Å². The molecule has 1 amide bonds. The van der Waals surface area contributed by atoms with Crippen molar-refractivity contribution in [2.75, 3.05) is 32.7 Å². The summed E-state index contributed by atoms with van der Waals surface area (Å²) in [7, 11) is 0. The van der Waals surface area contributed by atoms with Crippen molar-refractivity contribution >= 4 is 6.09 Å². The zero-order chi connectivity index (χ0) is 25.8. The molecule has 2 aliphatic rings. The number of nitriles is 1. The molecule has 1 aliphatic heterocycles. The molecule has 0 radical (unpaired) electrons. The van der Waals surface area contributed by atoms with Gasteiger partial charge in [0.05, 0.1) is 17.2 Å². The Morgan fingerprint density at radius 2 is 1.69 bits per heavy atom. The lowest BCUT2D eigenvalue weighted by molar-refractivity contribution is -0.0356.